The number of amides is 2. The molecule has 2 amide bonds. The molecule has 0 unspecified atom stereocenters. The van der Waals surface area contributed by atoms with Crippen molar-refractivity contribution < 1.29 is 9.59 Å². The van der Waals surface area contributed by atoms with Gasteiger partial charge in [-0.15, -0.1) is 11.3 Å². The zero-order chi connectivity index (χ0) is 21.0. The number of rotatable bonds is 7. The summed E-state index contributed by atoms with van der Waals surface area (Å²) in [5.74, 6) is -0.0349. The minimum atomic E-state index is -0.568. The first kappa shape index (κ1) is 21.0. The van der Waals surface area contributed by atoms with Gasteiger partial charge in [0.05, 0.1) is 16.8 Å². The summed E-state index contributed by atoms with van der Waals surface area (Å²) >= 11 is 1.59. The number of nitrogens with one attached hydrogen (secondary N) is 1. The molecule has 3 aromatic rings. The third-order valence-electron chi connectivity index (χ3n) is 4.79. The van der Waals surface area contributed by atoms with Gasteiger partial charge in [-0.3, -0.25) is 9.59 Å². The maximum Gasteiger partial charge on any atom is 0.252 e. The minimum absolute atomic E-state index is 0.0973. The van der Waals surface area contributed by atoms with Crippen LogP contribution in [-0.2, 0) is 11.3 Å². The van der Waals surface area contributed by atoms with Crippen LogP contribution in [0.5, 0.6) is 0 Å². The zero-order valence-electron chi connectivity index (χ0n) is 17.3. The Bertz CT molecular complexity index is 979. The molecule has 0 bridgehead atoms. The fourth-order valence-corrected chi connectivity index (χ4v) is 4.31. The predicted octanol–water partition coefficient (Wildman–Crippen LogP) is 4.41. The summed E-state index contributed by atoms with van der Waals surface area (Å²) in [6.07, 6.45) is 0.584. The summed E-state index contributed by atoms with van der Waals surface area (Å²) in [4.78, 5) is 32.2. The van der Waals surface area contributed by atoms with Crippen molar-refractivity contribution in [2.24, 2.45) is 5.92 Å². The van der Waals surface area contributed by atoms with Gasteiger partial charge >= 0.3 is 0 Å². The van der Waals surface area contributed by atoms with Crippen molar-refractivity contribution in [2.45, 2.75) is 39.8 Å². The molecule has 2 aromatic carbocycles. The van der Waals surface area contributed by atoms with Gasteiger partial charge in [0.1, 0.15) is 11.0 Å². The number of para-hydroxylation sites is 1. The van der Waals surface area contributed by atoms with Crippen molar-refractivity contribution >= 4 is 33.4 Å². The van der Waals surface area contributed by atoms with Crippen LogP contribution in [0, 0.1) is 12.8 Å². The highest BCUT2D eigenvalue weighted by molar-refractivity contribution is 7.18. The van der Waals surface area contributed by atoms with E-state index in [9.17, 15) is 9.59 Å². The summed E-state index contributed by atoms with van der Waals surface area (Å²) in [6, 6.07) is 14.8. The molecule has 5 nitrogen and oxygen atoms in total. The van der Waals surface area contributed by atoms with Crippen molar-refractivity contribution in [2.75, 3.05) is 7.05 Å². The third kappa shape index (κ3) is 5.21. The first-order chi connectivity index (χ1) is 13.8. The van der Waals surface area contributed by atoms with E-state index >= 15 is 0 Å². The Balaban J connectivity index is 1.73. The lowest BCUT2D eigenvalue weighted by molar-refractivity contribution is -0.132. The summed E-state index contributed by atoms with van der Waals surface area (Å²) in [6.45, 7) is 6.42. The SMILES string of the molecule is Cc1ccccc1C(=O)N[C@@H](CC(C)C)C(=O)N(C)Cc1nc2ccccc2s1. The van der Waals surface area contributed by atoms with Gasteiger partial charge in [0, 0.05) is 12.6 Å². The molecule has 0 saturated carbocycles. The number of nitrogens with zero attached hydrogens (tertiary/aromatic N) is 2. The van der Waals surface area contributed by atoms with Gasteiger partial charge in [-0.05, 0) is 43.0 Å². The number of likely N-dealkylation sites (N-methyl/N-ethyl adjacent to an activating group) is 1. The van der Waals surface area contributed by atoms with E-state index in [1.807, 2.05) is 63.2 Å². The number of aromatic nitrogens is 1. The lowest BCUT2D eigenvalue weighted by Gasteiger charge is -2.25. The smallest absolute Gasteiger partial charge is 0.252 e. The van der Waals surface area contributed by atoms with E-state index in [0.717, 1.165) is 20.8 Å². The van der Waals surface area contributed by atoms with Crippen LogP contribution in [0.4, 0.5) is 0 Å². The number of benzene rings is 2. The number of carbonyl (C=O) groups excluding carboxylic acids is 2. The summed E-state index contributed by atoms with van der Waals surface area (Å²) in [7, 11) is 1.77. The Kier molecular flexibility index (Phi) is 6.64. The molecule has 1 atom stereocenters. The van der Waals surface area contributed by atoms with E-state index in [4.69, 9.17) is 0 Å². The van der Waals surface area contributed by atoms with Gasteiger partial charge in [-0.1, -0.05) is 44.2 Å². The Morgan fingerprint density at radius 3 is 2.48 bits per heavy atom. The van der Waals surface area contributed by atoms with Gasteiger partial charge in [-0.25, -0.2) is 4.98 Å². The molecular formula is C23H27N3O2S. The van der Waals surface area contributed by atoms with Crippen molar-refractivity contribution in [3.05, 3.63) is 64.7 Å². The minimum Gasteiger partial charge on any atom is -0.340 e. The second kappa shape index (κ2) is 9.18. The highest BCUT2D eigenvalue weighted by Crippen LogP contribution is 2.23. The quantitative estimate of drug-likeness (QED) is 0.629. The number of hydrogen-bond acceptors (Lipinski definition) is 4. The average Bonchev–Trinajstić information content (AvgIpc) is 3.09. The van der Waals surface area contributed by atoms with E-state index in [-0.39, 0.29) is 17.7 Å². The highest BCUT2D eigenvalue weighted by atomic mass is 32.1. The number of hydrogen-bond donors (Lipinski definition) is 1. The molecule has 0 fully saturated rings. The molecule has 6 heteroatoms. The molecule has 1 heterocycles. The highest BCUT2D eigenvalue weighted by Gasteiger charge is 2.26. The molecule has 3 rings (SSSR count). The number of carbonyl (C=O) groups is 2. The maximum atomic E-state index is 13.1. The fraction of sp³-hybridized carbons (Fsp3) is 0.348. The molecule has 29 heavy (non-hydrogen) atoms. The zero-order valence-corrected chi connectivity index (χ0v) is 18.1. The van der Waals surface area contributed by atoms with E-state index in [1.165, 1.54) is 0 Å². The van der Waals surface area contributed by atoms with Crippen LogP contribution in [0.3, 0.4) is 0 Å². The Hall–Kier alpha value is -2.73. The molecule has 0 radical (unpaired) electrons. The number of thiazole rings is 1. The second-order valence-corrected chi connectivity index (χ2v) is 8.86. The van der Waals surface area contributed by atoms with Gasteiger partial charge in [0.25, 0.3) is 5.91 Å². The van der Waals surface area contributed by atoms with E-state index in [1.54, 1.807) is 29.4 Å². The van der Waals surface area contributed by atoms with Gasteiger partial charge in [0.15, 0.2) is 0 Å². The maximum absolute atomic E-state index is 13.1. The van der Waals surface area contributed by atoms with Crippen molar-refractivity contribution in [3.63, 3.8) is 0 Å². The number of aryl methyl sites for hydroxylation is 1. The molecule has 1 aromatic heterocycles. The van der Waals surface area contributed by atoms with Crippen LogP contribution in [-0.4, -0.2) is 34.8 Å². The molecule has 0 spiro atoms. The van der Waals surface area contributed by atoms with Crippen LogP contribution in [0.25, 0.3) is 10.2 Å². The topological polar surface area (TPSA) is 62.3 Å². The first-order valence-corrected chi connectivity index (χ1v) is 10.6. The van der Waals surface area contributed by atoms with E-state index in [2.05, 4.69) is 10.3 Å². The summed E-state index contributed by atoms with van der Waals surface area (Å²) in [5.41, 5.74) is 2.44. The van der Waals surface area contributed by atoms with Crippen molar-refractivity contribution in [1.82, 2.24) is 15.2 Å². The Morgan fingerprint density at radius 2 is 1.79 bits per heavy atom. The molecule has 0 aliphatic carbocycles. The third-order valence-corrected chi connectivity index (χ3v) is 5.81. The largest absolute Gasteiger partial charge is 0.340 e. The van der Waals surface area contributed by atoms with Gasteiger partial charge in [0.2, 0.25) is 5.91 Å². The molecule has 1 N–H and O–H groups in total. The molecular weight excluding hydrogens is 382 g/mol. The van der Waals surface area contributed by atoms with E-state index in [0.29, 0.717) is 18.5 Å². The lowest BCUT2D eigenvalue weighted by atomic mass is 10.0. The molecule has 0 aliphatic heterocycles. The summed E-state index contributed by atoms with van der Waals surface area (Å²) < 4.78 is 1.11. The van der Waals surface area contributed by atoms with Crippen LogP contribution in [0.15, 0.2) is 48.5 Å². The Labute approximate surface area is 175 Å². The Morgan fingerprint density at radius 1 is 1.10 bits per heavy atom. The number of fused-ring (bicyclic) bond motifs is 1. The summed E-state index contributed by atoms with van der Waals surface area (Å²) in [5, 5.41) is 3.84. The van der Waals surface area contributed by atoms with Gasteiger partial charge < -0.3 is 10.2 Å². The monoisotopic (exact) mass is 409 g/mol. The van der Waals surface area contributed by atoms with Crippen LogP contribution in [0.2, 0.25) is 0 Å². The average molecular weight is 410 g/mol. The molecule has 0 saturated heterocycles. The van der Waals surface area contributed by atoms with E-state index < -0.39 is 6.04 Å². The van der Waals surface area contributed by atoms with Crippen LogP contribution in [0.1, 0.15) is 41.2 Å². The standard InChI is InChI=1S/C23H27N3O2S/c1-15(2)13-19(25-22(27)17-10-6-5-9-16(17)3)23(28)26(4)14-21-24-18-11-7-8-12-20(18)29-21/h5-12,15,19H,13-14H2,1-4H3,(H,25,27)/t19-/m0/s1. The molecule has 0 aliphatic rings. The molecule has 152 valence electrons. The van der Waals surface area contributed by atoms with Crippen LogP contribution >= 0.6 is 11.3 Å². The lowest BCUT2D eigenvalue weighted by Crippen LogP contribution is -2.47. The van der Waals surface area contributed by atoms with Gasteiger partial charge in [-0.2, -0.15) is 0 Å². The fourth-order valence-electron chi connectivity index (χ4n) is 3.29. The van der Waals surface area contributed by atoms with Crippen molar-refractivity contribution in [3.8, 4) is 0 Å². The second-order valence-electron chi connectivity index (χ2n) is 7.74. The normalized spacial score (nSPS) is 12.2. The van der Waals surface area contributed by atoms with Crippen LogP contribution < -0.4 is 5.32 Å². The first-order valence-electron chi connectivity index (χ1n) is 9.81. The van der Waals surface area contributed by atoms with Crippen molar-refractivity contribution in [1.29, 1.82) is 0 Å². The predicted molar refractivity (Wildman–Crippen MR) is 118 cm³/mol.